The first-order chi connectivity index (χ1) is 16.9. The Labute approximate surface area is 204 Å². The van der Waals surface area contributed by atoms with Crippen LogP contribution in [0.1, 0.15) is 34.6 Å². The highest BCUT2D eigenvalue weighted by Crippen LogP contribution is 2.44. The maximum absolute atomic E-state index is 12.6. The van der Waals surface area contributed by atoms with Crippen LogP contribution in [0, 0.1) is 6.92 Å². The van der Waals surface area contributed by atoms with Crippen LogP contribution in [0.4, 0.5) is 4.79 Å². The molecule has 0 aromatic heterocycles. The number of hydrogen-bond donors (Lipinski definition) is 3. The Morgan fingerprint density at radius 1 is 0.943 bits per heavy atom. The fourth-order valence-corrected chi connectivity index (χ4v) is 4.49. The van der Waals surface area contributed by atoms with Gasteiger partial charge in [0.1, 0.15) is 12.6 Å². The lowest BCUT2D eigenvalue weighted by atomic mass is 9.98. The first kappa shape index (κ1) is 24.0. The number of carbonyl (C=O) groups is 3. The minimum absolute atomic E-state index is 0.0780. The highest BCUT2D eigenvalue weighted by atomic mass is 16.5. The van der Waals surface area contributed by atoms with E-state index in [2.05, 4.69) is 10.6 Å². The van der Waals surface area contributed by atoms with Gasteiger partial charge >= 0.3 is 12.1 Å². The summed E-state index contributed by atoms with van der Waals surface area (Å²) in [6, 6.07) is 22.6. The van der Waals surface area contributed by atoms with Gasteiger partial charge in [0.05, 0.1) is 6.42 Å². The summed E-state index contributed by atoms with van der Waals surface area (Å²) < 4.78 is 5.47. The van der Waals surface area contributed by atoms with E-state index in [0.717, 1.165) is 33.4 Å². The zero-order valence-electron chi connectivity index (χ0n) is 19.5. The van der Waals surface area contributed by atoms with E-state index in [4.69, 9.17) is 4.74 Å². The predicted octanol–water partition coefficient (Wildman–Crippen LogP) is 4.04. The summed E-state index contributed by atoms with van der Waals surface area (Å²) in [7, 11) is 0. The van der Waals surface area contributed by atoms with Gasteiger partial charge in [0.15, 0.2) is 0 Å². The SMILES string of the molecule is Cc1cccc(CCNC(=O)C(CC(=O)O)NC(=O)OCC2c3ccccc3-c3ccccc32)c1. The van der Waals surface area contributed by atoms with Crippen LogP contribution in [-0.2, 0) is 20.7 Å². The minimum Gasteiger partial charge on any atom is -0.481 e. The summed E-state index contributed by atoms with van der Waals surface area (Å²) >= 11 is 0. The van der Waals surface area contributed by atoms with Crippen molar-refractivity contribution in [1.82, 2.24) is 10.6 Å². The molecule has 1 aliphatic carbocycles. The lowest BCUT2D eigenvalue weighted by Gasteiger charge is -2.19. The van der Waals surface area contributed by atoms with Gasteiger partial charge in [-0.15, -0.1) is 0 Å². The van der Waals surface area contributed by atoms with E-state index in [0.29, 0.717) is 13.0 Å². The van der Waals surface area contributed by atoms with E-state index in [1.54, 1.807) is 0 Å². The summed E-state index contributed by atoms with van der Waals surface area (Å²) in [5, 5.41) is 14.4. The van der Waals surface area contributed by atoms with Crippen molar-refractivity contribution in [2.24, 2.45) is 0 Å². The minimum atomic E-state index is -1.24. The van der Waals surface area contributed by atoms with E-state index < -0.39 is 30.4 Å². The molecule has 180 valence electrons. The van der Waals surface area contributed by atoms with Crippen molar-refractivity contribution >= 4 is 18.0 Å². The molecule has 3 N–H and O–H groups in total. The lowest BCUT2D eigenvalue weighted by molar-refractivity contribution is -0.139. The fourth-order valence-electron chi connectivity index (χ4n) is 4.49. The van der Waals surface area contributed by atoms with E-state index >= 15 is 0 Å². The monoisotopic (exact) mass is 472 g/mol. The van der Waals surface area contributed by atoms with Gasteiger partial charge in [0, 0.05) is 12.5 Å². The van der Waals surface area contributed by atoms with Crippen LogP contribution in [0.5, 0.6) is 0 Å². The fraction of sp³-hybridized carbons (Fsp3) is 0.250. The molecule has 2 amide bonds. The normalized spacial score (nSPS) is 12.8. The molecule has 0 spiro atoms. The molecular weight excluding hydrogens is 444 g/mol. The van der Waals surface area contributed by atoms with E-state index in [9.17, 15) is 19.5 Å². The third-order valence-corrected chi connectivity index (χ3v) is 6.13. The maximum atomic E-state index is 12.6. The average Bonchev–Trinajstić information content (AvgIpc) is 3.16. The van der Waals surface area contributed by atoms with Gasteiger partial charge in [0.25, 0.3) is 0 Å². The molecule has 0 radical (unpaired) electrons. The summed E-state index contributed by atoms with van der Waals surface area (Å²) in [4.78, 5) is 36.5. The van der Waals surface area contributed by atoms with Crippen molar-refractivity contribution in [3.8, 4) is 11.1 Å². The van der Waals surface area contributed by atoms with Gasteiger partial charge in [-0.25, -0.2) is 4.79 Å². The number of benzene rings is 3. The molecule has 1 unspecified atom stereocenters. The molecule has 3 aromatic rings. The highest BCUT2D eigenvalue weighted by Gasteiger charge is 2.30. The number of carboxylic acid groups (broad SMARTS) is 1. The first-order valence-corrected chi connectivity index (χ1v) is 11.6. The van der Waals surface area contributed by atoms with Crippen molar-refractivity contribution < 1.29 is 24.2 Å². The molecule has 0 saturated carbocycles. The van der Waals surface area contributed by atoms with Crippen molar-refractivity contribution in [3.63, 3.8) is 0 Å². The molecule has 35 heavy (non-hydrogen) atoms. The number of amides is 2. The third-order valence-electron chi connectivity index (χ3n) is 6.13. The second-order valence-corrected chi connectivity index (χ2v) is 8.65. The molecule has 0 heterocycles. The topological polar surface area (TPSA) is 105 Å². The van der Waals surface area contributed by atoms with Gasteiger partial charge in [0.2, 0.25) is 5.91 Å². The van der Waals surface area contributed by atoms with Crippen LogP contribution in [-0.4, -0.2) is 42.3 Å². The summed E-state index contributed by atoms with van der Waals surface area (Å²) in [5.74, 6) is -1.88. The van der Waals surface area contributed by atoms with E-state index in [1.807, 2.05) is 79.7 Å². The van der Waals surface area contributed by atoms with Gasteiger partial charge < -0.3 is 20.5 Å². The van der Waals surface area contributed by atoms with E-state index in [-0.39, 0.29) is 12.5 Å². The van der Waals surface area contributed by atoms with Crippen molar-refractivity contribution in [1.29, 1.82) is 0 Å². The number of carbonyl (C=O) groups excluding carboxylic acids is 2. The van der Waals surface area contributed by atoms with E-state index in [1.165, 1.54) is 0 Å². The quantitative estimate of drug-likeness (QED) is 0.436. The van der Waals surface area contributed by atoms with Crippen LogP contribution < -0.4 is 10.6 Å². The Balaban J connectivity index is 1.35. The molecule has 0 saturated heterocycles. The molecule has 7 heteroatoms. The number of fused-ring (bicyclic) bond motifs is 3. The number of hydrogen-bond acceptors (Lipinski definition) is 4. The van der Waals surface area contributed by atoms with Crippen LogP contribution >= 0.6 is 0 Å². The molecule has 1 aliphatic rings. The van der Waals surface area contributed by atoms with Crippen molar-refractivity contribution in [2.75, 3.05) is 13.2 Å². The molecule has 0 aliphatic heterocycles. The highest BCUT2D eigenvalue weighted by molar-refractivity contribution is 5.89. The smallest absolute Gasteiger partial charge is 0.407 e. The third kappa shape index (κ3) is 5.87. The number of aliphatic carboxylic acids is 1. The van der Waals surface area contributed by atoms with Gasteiger partial charge in [-0.1, -0.05) is 78.4 Å². The summed E-state index contributed by atoms with van der Waals surface area (Å²) in [5.41, 5.74) is 6.52. The van der Waals surface area contributed by atoms with Crippen molar-refractivity contribution in [2.45, 2.75) is 31.7 Å². The zero-order valence-corrected chi connectivity index (χ0v) is 19.5. The Bertz CT molecular complexity index is 1190. The Morgan fingerprint density at radius 3 is 2.23 bits per heavy atom. The van der Waals surface area contributed by atoms with Crippen LogP contribution in [0.15, 0.2) is 72.8 Å². The van der Waals surface area contributed by atoms with Crippen LogP contribution in [0.3, 0.4) is 0 Å². The number of carboxylic acids is 1. The molecule has 4 rings (SSSR count). The van der Waals surface area contributed by atoms with Crippen LogP contribution in [0.25, 0.3) is 11.1 Å². The lowest BCUT2D eigenvalue weighted by Crippen LogP contribution is -2.48. The maximum Gasteiger partial charge on any atom is 0.407 e. The molecule has 0 bridgehead atoms. The number of rotatable bonds is 9. The summed E-state index contributed by atoms with van der Waals surface area (Å²) in [6.07, 6.45) is -0.773. The molecule has 3 aromatic carbocycles. The number of nitrogens with one attached hydrogen (secondary N) is 2. The molecule has 7 nitrogen and oxygen atoms in total. The standard InChI is InChI=1S/C28H28N2O5/c1-18-7-6-8-19(15-18)13-14-29-27(33)25(16-26(31)32)30-28(34)35-17-24-22-11-4-2-9-20(22)21-10-3-5-12-23(21)24/h2-12,15,24-25H,13-14,16-17H2,1H3,(H,29,33)(H,30,34)(H,31,32). The van der Waals surface area contributed by atoms with Gasteiger partial charge in [-0.2, -0.15) is 0 Å². The number of ether oxygens (including phenoxy) is 1. The first-order valence-electron chi connectivity index (χ1n) is 11.6. The van der Waals surface area contributed by atoms with Gasteiger partial charge in [-0.05, 0) is 41.2 Å². The largest absolute Gasteiger partial charge is 0.481 e. The second kappa shape index (κ2) is 10.9. The van der Waals surface area contributed by atoms with Crippen LogP contribution in [0.2, 0.25) is 0 Å². The Hall–Kier alpha value is -4.13. The zero-order chi connectivity index (χ0) is 24.8. The Kier molecular flexibility index (Phi) is 7.45. The second-order valence-electron chi connectivity index (χ2n) is 8.65. The predicted molar refractivity (Wildman–Crippen MR) is 132 cm³/mol. The molecule has 0 fully saturated rings. The number of aryl methyl sites for hydroxylation is 1. The number of alkyl carbamates (subject to hydrolysis) is 1. The Morgan fingerprint density at radius 2 is 1.60 bits per heavy atom. The van der Waals surface area contributed by atoms with Crippen molar-refractivity contribution in [3.05, 3.63) is 95.1 Å². The molecule has 1 atom stereocenters. The average molecular weight is 473 g/mol. The summed E-state index contributed by atoms with van der Waals surface area (Å²) in [6.45, 7) is 2.39. The van der Waals surface area contributed by atoms with Gasteiger partial charge in [-0.3, -0.25) is 9.59 Å². The molecular formula is C28H28N2O5.